The number of benzene rings is 2. The van der Waals surface area contributed by atoms with E-state index in [2.05, 4.69) is 26.4 Å². The van der Waals surface area contributed by atoms with Crippen LogP contribution in [0.1, 0.15) is 11.3 Å². The first-order valence-corrected chi connectivity index (χ1v) is 8.83. The molecule has 2 aromatic carbocycles. The molecule has 0 unspecified atom stereocenters. The van der Waals surface area contributed by atoms with Crippen molar-refractivity contribution in [2.75, 3.05) is 11.9 Å². The summed E-state index contributed by atoms with van der Waals surface area (Å²) in [6.45, 7) is 1.58. The minimum Gasteiger partial charge on any atom is -0.449 e. The van der Waals surface area contributed by atoms with Gasteiger partial charge in [-0.15, -0.1) is 0 Å². The first-order valence-electron chi connectivity index (χ1n) is 8.04. The molecule has 140 valence electrons. The number of amides is 1. The van der Waals surface area contributed by atoms with Crippen molar-refractivity contribution in [1.29, 1.82) is 0 Å². The predicted octanol–water partition coefficient (Wildman–Crippen LogP) is 5.48. The molecular weight excluding hydrogens is 422 g/mol. The molecular formula is C19H15BrF2N2O3. The summed E-state index contributed by atoms with van der Waals surface area (Å²) in [7, 11) is 0. The topological polar surface area (TPSA) is 64.4 Å². The second-order valence-electron chi connectivity index (χ2n) is 5.73. The lowest BCUT2D eigenvalue weighted by Gasteiger charge is -2.08. The molecule has 0 fully saturated rings. The Balaban J connectivity index is 1.64. The molecule has 1 aromatic heterocycles. The summed E-state index contributed by atoms with van der Waals surface area (Å²) in [6, 6.07) is 10.4. The minimum absolute atomic E-state index is 0.0548. The molecule has 27 heavy (non-hydrogen) atoms. The summed E-state index contributed by atoms with van der Waals surface area (Å²) < 4.78 is 38.0. The number of aromatic nitrogens is 1. The van der Waals surface area contributed by atoms with Crippen molar-refractivity contribution in [2.45, 2.75) is 13.3 Å². The fourth-order valence-corrected chi connectivity index (χ4v) is 2.71. The van der Waals surface area contributed by atoms with Crippen molar-refractivity contribution in [1.82, 2.24) is 5.16 Å². The molecule has 0 spiro atoms. The summed E-state index contributed by atoms with van der Waals surface area (Å²) in [6.07, 6.45) is -0.685. The van der Waals surface area contributed by atoms with E-state index in [0.29, 0.717) is 17.1 Å². The maximum Gasteiger partial charge on any atom is 0.411 e. The van der Waals surface area contributed by atoms with Gasteiger partial charge in [0.15, 0.2) is 5.76 Å². The third-order valence-corrected chi connectivity index (χ3v) is 4.34. The average molecular weight is 437 g/mol. The lowest BCUT2D eigenvalue weighted by atomic mass is 10.1. The van der Waals surface area contributed by atoms with Crippen LogP contribution >= 0.6 is 15.9 Å². The number of rotatable bonds is 5. The molecule has 0 atom stereocenters. The highest BCUT2D eigenvalue weighted by atomic mass is 79.9. The first kappa shape index (κ1) is 19.0. The van der Waals surface area contributed by atoms with Crippen molar-refractivity contribution < 1.29 is 22.8 Å². The van der Waals surface area contributed by atoms with Crippen LogP contribution < -0.4 is 5.32 Å². The highest BCUT2D eigenvalue weighted by Crippen LogP contribution is 2.31. The number of carbonyl (C=O) groups is 1. The molecule has 0 bridgehead atoms. The summed E-state index contributed by atoms with van der Waals surface area (Å²) in [5.74, 6) is -0.698. The van der Waals surface area contributed by atoms with Gasteiger partial charge in [-0.05, 0) is 55.0 Å². The van der Waals surface area contributed by atoms with Crippen LogP contribution in [0.25, 0.3) is 11.3 Å². The molecule has 5 nitrogen and oxygen atoms in total. The number of aryl methyl sites for hydroxylation is 1. The maximum atomic E-state index is 13.6. The van der Waals surface area contributed by atoms with Crippen LogP contribution in [0.4, 0.5) is 19.3 Å². The molecule has 8 heteroatoms. The summed E-state index contributed by atoms with van der Waals surface area (Å²) >= 11 is 3.35. The van der Waals surface area contributed by atoms with Gasteiger partial charge < -0.3 is 9.26 Å². The highest BCUT2D eigenvalue weighted by molar-refractivity contribution is 9.10. The van der Waals surface area contributed by atoms with Crippen LogP contribution in [0.15, 0.2) is 51.5 Å². The van der Waals surface area contributed by atoms with Gasteiger partial charge in [0.1, 0.15) is 23.0 Å². The van der Waals surface area contributed by atoms with Crippen LogP contribution in [0.3, 0.4) is 0 Å². The number of ether oxygens (including phenoxy) is 1. The molecule has 3 rings (SSSR count). The van der Waals surface area contributed by atoms with E-state index in [9.17, 15) is 13.6 Å². The predicted molar refractivity (Wildman–Crippen MR) is 99.4 cm³/mol. The molecule has 1 amide bonds. The van der Waals surface area contributed by atoms with Gasteiger partial charge >= 0.3 is 6.09 Å². The van der Waals surface area contributed by atoms with Gasteiger partial charge in [0.25, 0.3) is 0 Å². The van der Waals surface area contributed by atoms with Gasteiger partial charge in [0.2, 0.25) is 0 Å². The van der Waals surface area contributed by atoms with Gasteiger partial charge in [-0.1, -0.05) is 21.1 Å². The molecule has 0 radical (unpaired) electrons. The Morgan fingerprint density at radius 3 is 2.70 bits per heavy atom. The number of hydrogen-bond donors (Lipinski definition) is 1. The molecule has 0 aliphatic rings. The third-order valence-electron chi connectivity index (χ3n) is 3.81. The zero-order chi connectivity index (χ0) is 19.4. The lowest BCUT2D eigenvalue weighted by Crippen LogP contribution is -2.16. The molecule has 0 aliphatic carbocycles. The van der Waals surface area contributed by atoms with Crippen LogP contribution in [0, 0.1) is 18.6 Å². The van der Waals surface area contributed by atoms with Crippen molar-refractivity contribution in [3.63, 3.8) is 0 Å². The van der Waals surface area contributed by atoms with E-state index in [-0.39, 0.29) is 18.6 Å². The highest BCUT2D eigenvalue weighted by Gasteiger charge is 2.18. The Bertz CT molecular complexity index is 958. The molecule has 1 N–H and O–H groups in total. The third kappa shape index (κ3) is 4.71. The smallest absolute Gasteiger partial charge is 0.411 e. The molecule has 0 aliphatic heterocycles. The molecule has 3 aromatic rings. The minimum atomic E-state index is -0.739. The quantitative estimate of drug-likeness (QED) is 0.574. The van der Waals surface area contributed by atoms with Gasteiger partial charge in [-0.25, -0.2) is 13.6 Å². The van der Waals surface area contributed by atoms with Gasteiger partial charge in [-0.2, -0.15) is 0 Å². The van der Waals surface area contributed by atoms with E-state index >= 15 is 0 Å². The number of carbonyl (C=O) groups excluding carboxylic acids is 1. The Hall–Kier alpha value is -2.74. The number of nitrogens with zero attached hydrogens (tertiary/aromatic N) is 1. The normalized spacial score (nSPS) is 10.7. The van der Waals surface area contributed by atoms with Crippen LogP contribution in [-0.4, -0.2) is 17.9 Å². The monoisotopic (exact) mass is 436 g/mol. The van der Waals surface area contributed by atoms with E-state index in [4.69, 9.17) is 9.26 Å². The van der Waals surface area contributed by atoms with Gasteiger partial charge in [0.05, 0.1) is 6.61 Å². The van der Waals surface area contributed by atoms with E-state index in [1.807, 2.05) is 24.3 Å². The van der Waals surface area contributed by atoms with Crippen molar-refractivity contribution >= 4 is 27.7 Å². The van der Waals surface area contributed by atoms with E-state index in [1.165, 1.54) is 0 Å². The van der Waals surface area contributed by atoms with Crippen LogP contribution in [0.5, 0.6) is 0 Å². The van der Waals surface area contributed by atoms with Crippen molar-refractivity contribution in [3.05, 3.63) is 69.8 Å². The number of halogens is 3. The summed E-state index contributed by atoms with van der Waals surface area (Å²) in [4.78, 5) is 12.1. The Kier molecular flexibility index (Phi) is 5.85. The average Bonchev–Trinajstić information content (AvgIpc) is 2.99. The van der Waals surface area contributed by atoms with Gasteiger partial charge in [-0.3, -0.25) is 5.32 Å². The maximum absolute atomic E-state index is 13.6. The summed E-state index contributed by atoms with van der Waals surface area (Å²) in [5, 5.41) is 6.46. The second-order valence-corrected chi connectivity index (χ2v) is 6.64. The van der Waals surface area contributed by atoms with Gasteiger partial charge in [0, 0.05) is 16.5 Å². The molecule has 1 heterocycles. The Labute approximate surface area is 162 Å². The standard InChI is InChI=1S/C19H15BrF2N2O3/c1-11-17(18(27-24-11)12-2-4-14(20)5-3-12)23-19(25)26-9-8-13-10-15(21)6-7-16(13)22/h2-7,10H,8-9H2,1H3,(H,23,25). The van der Waals surface area contributed by atoms with E-state index < -0.39 is 17.7 Å². The number of nitrogens with one attached hydrogen (secondary N) is 1. The SMILES string of the molecule is Cc1noc(-c2ccc(Br)cc2)c1NC(=O)OCCc1cc(F)ccc1F. The Morgan fingerprint density at radius 1 is 1.22 bits per heavy atom. The lowest BCUT2D eigenvalue weighted by molar-refractivity contribution is 0.162. The van der Waals surface area contributed by atoms with Crippen molar-refractivity contribution in [3.8, 4) is 11.3 Å². The second kappa shape index (κ2) is 8.30. The van der Waals surface area contributed by atoms with Crippen molar-refractivity contribution in [2.24, 2.45) is 0 Å². The number of anilines is 1. The molecule has 0 saturated carbocycles. The summed E-state index contributed by atoms with van der Waals surface area (Å²) in [5.41, 5.74) is 1.75. The van der Waals surface area contributed by atoms with E-state index in [0.717, 1.165) is 28.2 Å². The van der Waals surface area contributed by atoms with Crippen LogP contribution in [0.2, 0.25) is 0 Å². The first-order chi connectivity index (χ1) is 12.9. The zero-order valence-corrected chi connectivity index (χ0v) is 15.8. The Morgan fingerprint density at radius 2 is 1.96 bits per heavy atom. The van der Waals surface area contributed by atoms with E-state index in [1.54, 1.807) is 6.92 Å². The fraction of sp³-hybridized carbons (Fsp3) is 0.158. The largest absolute Gasteiger partial charge is 0.449 e. The molecule has 0 saturated heterocycles. The zero-order valence-electron chi connectivity index (χ0n) is 14.3. The van der Waals surface area contributed by atoms with Crippen LogP contribution in [-0.2, 0) is 11.2 Å². The fourth-order valence-electron chi connectivity index (χ4n) is 2.44. The number of hydrogen-bond acceptors (Lipinski definition) is 4.